The summed E-state index contributed by atoms with van der Waals surface area (Å²) >= 11 is 5.97. The average molecular weight is 337 g/mol. The fourth-order valence-electron chi connectivity index (χ4n) is 2.92. The van der Waals surface area contributed by atoms with Crippen LogP contribution in [0.1, 0.15) is 29.0 Å². The topological polar surface area (TPSA) is 85.8 Å². The molecule has 1 aromatic heterocycles. The van der Waals surface area contributed by atoms with E-state index in [0.29, 0.717) is 22.7 Å². The van der Waals surface area contributed by atoms with Gasteiger partial charge in [-0.05, 0) is 38.0 Å². The molecule has 6 nitrogen and oxygen atoms in total. The second-order valence-electron chi connectivity index (χ2n) is 5.62. The van der Waals surface area contributed by atoms with Crippen LogP contribution in [-0.2, 0) is 4.74 Å². The Bertz CT molecular complexity index is 771. The lowest BCUT2D eigenvalue weighted by Crippen LogP contribution is -2.41. The van der Waals surface area contributed by atoms with Gasteiger partial charge in [0, 0.05) is 22.5 Å². The molecule has 1 saturated heterocycles. The van der Waals surface area contributed by atoms with Gasteiger partial charge in [0.05, 0.1) is 6.04 Å². The molecule has 3 rings (SSSR count). The van der Waals surface area contributed by atoms with Gasteiger partial charge in [-0.15, -0.1) is 0 Å². The Hall–Kier alpha value is -2.21. The van der Waals surface area contributed by atoms with E-state index in [2.05, 4.69) is 0 Å². The van der Waals surface area contributed by atoms with Crippen LogP contribution in [0.25, 0.3) is 11.0 Å². The van der Waals surface area contributed by atoms with E-state index >= 15 is 0 Å². The maximum absolute atomic E-state index is 12.3. The van der Waals surface area contributed by atoms with Gasteiger partial charge in [-0.1, -0.05) is 11.6 Å². The van der Waals surface area contributed by atoms with Gasteiger partial charge in [0.1, 0.15) is 12.2 Å². The summed E-state index contributed by atoms with van der Waals surface area (Å²) in [6, 6.07) is 4.50. The number of aryl methyl sites for hydroxylation is 1. The number of benzene rings is 1. The van der Waals surface area contributed by atoms with E-state index < -0.39 is 12.0 Å². The lowest BCUT2D eigenvalue weighted by molar-refractivity contribution is 0.0388. The smallest absolute Gasteiger partial charge is 0.374 e. The van der Waals surface area contributed by atoms with Crippen LogP contribution in [0.4, 0.5) is 4.79 Å². The Kier molecular flexibility index (Phi) is 4.17. The number of carbonyl (C=O) groups excluding carboxylic acids is 2. The third-order valence-electron chi connectivity index (χ3n) is 4.15. The summed E-state index contributed by atoms with van der Waals surface area (Å²) in [5.74, 6) is -0.392. The maximum Gasteiger partial charge on any atom is 0.374 e. The highest BCUT2D eigenvalue weighted by Gasteiger charge is 2.29. The molecular weight excluding hydrogens is 320 g/mol. The van der Waals surface area contributed by atoms with Crippen LogP contribution in [-0.4, -0.2) is 36.1 Å². The molecule has 2 N–H and O–H groups in total. The van der Waals surface area contributed by atoms with E-state index in [1.807, 2.05) is 0 Å². The highest BCUT2D eigenvalue weighted by atomic mass is 35.5. The van der Waals surface area contributed by atoms with Crippen LogP contribution in [0.15, 0.2) is 22.6 Å². The summed E-state index contributed by atoms with van der Waals surface area (Å²) in [6.07, 6.45) is 1.62. The molecule has 1 fully saturated rings. The normalized spacial score (nSPS) is 17.7. The third-order valence-corrected chi connectivity index (χ3v) is 4.39. The Morgan fingerprint density at radius 2 is 2.26 bits per heavy atom. The molecule has 2 amide bonds. The molecule has 0 bridgehead atoms. The number of rotatable bonds is 3. The summed E-state index contributed by atoms with van der Waals surface area (Å²) in [4.78, 5) is 25.1. The summed E-state index contributed by atoms with van der Waals surface area (Å²) in [7, 11) is 0. The van der Waals surface area contributed by atoms with Gasteiger partial charge in [-0.3, -0.25) is 0 Å². The Labute approximate surface area is 138 Å². The van der Waals surface area contributed by atoms with Crippen molar-refractivity contribution in [3.05, 3.63) is 34.5 Å². The fraction of sp³-hybridized carbons (Fsp3) is 0.375. The Morgan fingerprint density at radius 3 is 3.00 bits per heavy atom. The van der Waals surface area contributed by atoms with E-state index in [-0.39, 0.29) is 18.4 Å². The maximum atomic E-state index is 12.3. The first kappa shape index (κ1) is 15.7. The van der Waals surface area contributed by atoms with Gasteiger partial charge in [0.2, 0.25) is 5.76 Å². The number of carbonyl (C=O) groups is 2. The van der Waals surface area contributed by atoms with Gasteiger partial charge in [0.15, 0.2) is 0 Å². The lowest BCUT2D eigenvalue weighted by atomic mass is 10.1. The first-order chi connectivity index (χ1) is 11.0. The Morgan fingerprint density at radius 1 is 1.48 bits per heavy atom. The molecular formula is C16H17ClN2O4. The SMILES string of the molecule is Cc1c(C(=O)OC[C@@H]2CCCN2C(N)=O)oc2ccc(Cl)cc12. The van der Waals surface area contributed by atoms with Crippen molar-refractivity contribution in [3.63, 3.8) is 0 Å². The number of ether oxygens (including phenoxy) is 1. The third kappa shape index (κ3) is 2.99. The van der Waals surface area contributed by atoms with Crippen molar-refractivity contribution in [1.82, 2.24) is 4.90 Å². The zero-order valence-electron chi connectivity index (χ0n) is 12.7. The van der Waals surface area contributed by atoms with Crippen LogP contribution in [0.3, 0.4) is 0 Å². The van der Waals surface area contributed by atoms with Crippen molar-refractivity contribution in [1.29, 1.82) is 0 Å². The molecule has 1 aliphatic heterocycles. The monoisotopic (exact) mass is 336 g/mol. The second kappa shape index (κ2) is 6.12. The largest absolute Gasteiger partial charge is 0.458 e. The minimum atomic E-state index is -0.550. The quantitative estimate of drug-likeness (QED) is 0.873. The number of primary amides is 1. The van der Waals surface area contributed by atoms with Gasteiger partial charge in [-0.25, -0.2) is 9.59 Å². The summed E-state index contributed by atoms with van der Waals surface area (Å²) in [6.45, 7) is 2.49. The average Bonchev–Trinajstić information content (AvgIpc) is 3.10. The zero-order valence-corrected chi connectivity index (χ0v) is 13.4. The number of furan rings is 1. The van der Waals surface area contributed by atoms with E-state index in [1.54, 1.807) is 25.1 Å². The van der Waals surface area contributed by atoms with Crippen molar-refractivity contribution in [2.45, 2.75) is 25.8 Å². The van der Waals surface area contributed by atoms with Crippen molar-refractivity contribution < 1.29 is 18.7 Å². The molecule has 23 heavy (non-hydrogen) atoms. The van der Waals surface area contributed by atoms with Gasteiger partial charge in [0.25, 0.3) is 0 Å². The van der Waals surface area contributed by atoms with Crippen molar-refractivity contribution >= 4 is 34.6 Å². The number of hydrogen-bond donors (Lipinski definition) is 1. The number of nitrogens with zero attached hydrogens (tertiary/aromatic N) is 1. The number of likely N-dealkylation sites (tertiary alicyclic amines) is 1. The van der Waals surface area contributed by atoms with Crippen LogP contribution >= 0.6 is 11.6 Å². The molecule has 0 spiro atoms. The molecule has 0 aliphatic carbocycles. The number of esters is 1. The number of hydrogen-bond acceptors (Lipinski definition) is 4. The van der Waals surface area contributed by atoms with Crippen LogP contribution < -0.4 is 5.73 Å². The molecule has 1 atom stereocenters. The highest BCUT2D eigenvalue weighted by Crippen LogP contribution is 2.28. The van der Waals surface area contributed by atoms with E-state index in [9.17, 15) is 9.59 Å². The van der Waals surface area contributed by atoms with Crippen molar-refractivity contribution in [3.8, 4) is 0 Å². The molecule has 7 heteroatoms. The molecule has 0 radical (unpaired) electrons. The van der Waals surface area contributed by atoms with E-state index in [1.165, 1.54) is 4.90 Å². The van der Waals surface area contributed by atoms with Crippen LogP contribution in [0, 0.1) is 6.92 Å². The van der Waals surface area contributed by atoms with Gasteiger partial charge < -0.3 is 19.8 Å². The summed E-state index contributed by atoms with van der Waals surface area (Å²) in [5.41, 5.74) is 6.58. The minimum Gasteiger partial charge on any atom is -0.458 e. The molecule has 2 heterocycles. The first-order valence-electron chi connectivity index (χ1n) is 7.39. The molecule has 122 valence electrons. The van der Waals surface area contributed by atoms with E-state index in [4.69, 9.17) is 26.5 Å². The standard InChI is InChI=1S/C16H17ClN2O4/c1-9-12-7-10(17)4-5-13(12)23-14(9)15(20)22-8-11-3-2-6-19(11)16(18)21/h4-5,7,11H,2-3,6,8H2,1H3,(H2,18,21)/t11-/m0/s1. The van der Waals surface area contributed by atoms with Gasteiger partial charge in [-0.2, -0.15) is 0 Å². The number of nitrogens with two attached hydrogens (primary N) is 1. The fourth-order valence-corrected chi connectivity index (χ4v) is 3.10. The van der Waals surface area contributed by atoms with Crippen molar-refractivity contribution in [2.24, 2.45) is 5.73 Å². The van der Waals surface area contributed by atoms with E-state index in [0.717, 1.165) is 18.2 Å². The van der Waals surface area contributed by atoms with Crippen molar-refractivity contribution in [2.75, 3.05) is 13.2 Å². The summed E-state index contributed by atoms with van der Waals surface area (Å²) < 4.78 is 10.9. The Balaban J connectivity index is 1.74. The van der Waals surface area contributed by atoms with Gasteiger partial charge >= 0.3 is 12.0 Å². The first-order valence-corrected chi connectivity index (χ1v) is 7.77. The predicted octanol–water partition coefficient (Wildman–Crippen LogP) is 3.09. The highest BCUT2D eigenvalue weighted by molar-refractivity contribution is 6.31. The van der Waals surface area contributed by atoms with Crippen LogP contribution in [0.5, 0.6) is 0 Å². The molecule has 1 aromatic carbocycles. The summed E-state index contributed by atoms with van der Waals surface area (Å²) in [5, 5.41) is 1.36. The number of halogens is 1. The second-order valence-corrected chi connectivity index (χ2v) is 6.06. The number of fused-ring (bicyclic) bond motifs is 1. The molecule has 1 aliphatic rings. The molecule has 0 unspecified atom stereocenters. The zero-order chi connectivity index (χ0) is 16.6. The molecule has 2 aromatic rings. The predicted molar refractivity (Wildman–Crippen MR) is 85.6 cm³/mol. The number of amides is 2. The molecule has 0 saturated carbocycles. The number of urea groups is 1. The minimum absolute atomic E-state index is 0.110. The van der Waals surface area contributed by atoms with Crippen LogP contribution in [0.2, 0.25) is 5.02 Å². The lowest BCUT2D eigenvalue weighted by Gasteiger charge is -2.21.